The van der Waals surface area contributed by atoms with Gasteiger partial charge >= 0.3 is 11.9 Å². The standard InChI is InChI=1S/C13H16O4/c1-9-4-6-10(7-5-9)11(13(15)17-3)8-12(14)16-2/h4-7,11H,8H2,1-3H3. The zero-order chi connectivity index (χ0) is 12.8. The average Bonchev–Trinajstić information content (AvgIpc) is 2.36. The predicted octanol–water partition coefficient (Wildman–Crippen LogP) is 1.81. The molecule has 0 saturated heterocycles. The molecular weight excluding hydrogens is 220 g/mol. The van der Waals surface area contributed by atoms with Crippen molar-refractivity contribution >= 4 is 11.9 Å². The summed E-state index contributed by atoms with van der Waals surface area (Å²) in [5.41, 5.74) is 1.85. The van der Waals surface area contributed by atoms with Gasteiger partial charge < -0.3 is 9.47 Å². The molecule has 92 valence electrons. The van der Waals surface area contributed by atoms with E-state index in [0.29, 0.717) is 0 Å². The first kappa shape index (κ1) is 13.2. The first-order valence-corrected chi connectivity index (χ1v) is 5.29. The lowest BCUT2D eigenvalue weighted by Crippen LogP contribution is -2.18. The second-order valence-corrected chi connectivity index (χ2v) is 3.77. The number of aryl methyl sites for hydroxylation is 1. The first-order valence-electron chi connectivity index (χ1n) is 5.29. The normalized spacial score (nSPS) is 11.7. The summed E-state index contributed by atoms with van der Waals surface area (Å²) in [6.07, 6.45) is -0.00770. The van der Waals surface area contributed by atoms with Crippen LogP contribution in [-0.2, 0) is 19.1 Å². The molecule has 1 rings (SSSR count). The molecule has 0 heterocycles. The lowest BCUT2D eigenvalue weighted by Gasteiger charge is -2.13. The summed E-state index contributed by atoms with van der Waals surface area (Å²) >= 11 is 0. The minimum Gasteiger partial charge on any atom is -0.469 e. The van der Waals surface area contributed by atoms with E-state index in [0.717, 1.165) is 11.1 Å². The Labute approximate surface area is 101 Å². The molecular formula is C13H16O4. The summed E-state index contributed by atoms with van der Waals surface area (Å²) in [6.45, 7) is 1.96. The van der Waals surface area contributed by atoms with Crippen LogP contribution in [0.5, 0.6) is 0 Å². The molecule has 0 aliphatic carbocycles. The number of hydrogen-bond acceptors (Lipinski definition) is 4. The third kappa shape index (κ3) is 3.59. The maximum Gasteiger partial charge on any atom is 0.313 e. The maximum atomic E-state index is 11.6. The number of methoxy groups -OCH3 is 2. The van der Waals surface area contributed by atoms with Gasteiger partial charge in [-0.05, 0) is 12.5 Å². The highest BCUT2D eigenvalue weighted by Crippen LogP contribution is 2.22. The van der Waals surface area contributed by atoms with Crippen molar-refractivity contribution in [1.82, 2.24) is 0 Å². The van der Waals surface area contributed by atoms with Gasteiger partial charge in [0.15, 0.2) is 0 Å². The van der Waals surface area contributed by atoms with Crippen LogP contribution in [0.4, 0.5) is 0 Å². The molecule has 1 atom stereocenters. The fourth-order valence-electron chi connectivity index (χ4n) is 1.53. The highest BCUT2D eigenvalue weighted by molar-refractivity contribution is 5.84. The Hall–Kier alpha value is -1.84. The Morgan fingerprint density at radius 2 is 1.71 bits per heavy atom. The molecule has 4 heteroatoms. The Balaban J connectivity index is 2.93. The van der Waals surface area contributed by atoms with Gasteiger partial charge in [-0.3, -0.25) is 9.59 Å². The van der Waals surface area contributed by atoms with Crippen molar-refractivity contribution in [2.75, 3.05) is 14.2 Å². The van der Waals surface area contributed by atoms with Crippen LogP contribution in [0.3, 0.4) is 0 Å². The van der Waals surface area contributed by atoms with E-state index in [1.165, 1.54) is 14.2 Å². The smallest absolute Gasteiger partial charge is 0.313 e. The summed E-state index contributed by atoms with van der Waals surface area (Å²) in [4.78, 5) is 22.9. The zero-order valence-corrected chi connectivity index (χ0v) is 10.2. The number of benzene rings is 1. The van der Waals surface area contributed by atoms with Crippen molar-refractivity contribution in [3.63, 3.8) is 0 Å². The van der Waals surface area contributed by atoms with Crippen molar-refractivity contribution in [3.05, 3.63) is 35.4 Å². The summed E-state index contributed by atoms with van der Waals surface area (Å²) in [5.74, 6) is -1.46. The molecule has 4 nitrogen and oxygen atoms in total. The van der Waals surface area contributed by atoms with E-state index in [1.807, 2.05) is 31.2 Å². The van der Waals surface area contributed by atoms with Crippen LogP contribution in [0.25, 0.3) is 0 Å². The second-order valence-electron chi connectivity index (χ2n) is 3.77. The van der Waals surface area contributed by atoms with Crippen molar-refractivity contribution in [2.24, 2.45) is 0 Å². The minimum absolute atomic E-state index is 0.00770. The van der Waals surface area contributed by atoms with E-state index in [9.17, 15) is 9.59 Å². The van der Waals surface area contributed by atoms with E-state index in [1.54, 1.807) is 0 Å². The quantitative estimate of drug-likeness (QED) is 0.748. The molecule has 0 amide bonds. The van der Waals surface area contributed by atoms with Crippen LogP contribution in [0, 0.1) is 6.92 Å². The summed E-state index contributed by atoms with van der Waals surface area (Å²) < 4.78 is 9.27. The van der Waals surface area contributed by atoms with Gasteiger partial charge in [0.2, 0.25) is 0 Å². The monoisotopic (exact) mass is 236 g/mol. The van der Waals surface area contributed by atoms with Gasteiger partial charge in [0, 0.05) is 0 Å². The van der Waals surface area contributed by atoms with E-state index < -0.39 is 17.9 Å². The average molecular weight is 236 g/mol. The molecule has 0 aliphatic rings. The third-order valence-corrected chi connectivity index (χ3v) is 2.56. The number of carbonyl (C=O) groups is 2. The van der Waals surface area contributed by atoms with E-state index >= 15 is 0 Å². The molecule has 0 aromatic heterocycles. The number of carbonyl (C=O) groups excluding carboxylic acids is 2. The minimum atomic E-state index is -0.604. The van der Waals surface area contributed by atoms with Gasteiger partial charge in [0.05, 0.1) is 26.6 Å². The Morgan fingerprint density at radius 1 is 1.12 bits per heavy atom. The maximum absolute atomic E-state index is 11.6. The molecule has 0 saturated carbocycles. The largest absolute Gasteiger partial charge is 0.469 e. The predicted molar refractivity (Wildman–Crippen MR) is 62.6 cm³/mol. The van der Waals surface area contributed by atoms with Gasteiger partial charge in [-0.15, -0.1) is 0 Å². The zero-order valence-electron chi connectivity index (χ0n) is 10.2. The van der Waals surface area contributed by atoms with Gasteiger partial charge in [-0.2, -0.15) is 0 Å². The molecule has 0 aliphatic heterocycles. The molecule has 0 fully saturated rings. The summed E-state index contributed by atoms with van der Waals surface area (Å²) in [6, 6.07) is 7.42. The van der Waals surface area contributed by atoms with Crippen molar-refractivity contribution < 1.29 is 19.1 Å². The fourth-order valence-corrected chi connectivity index (χ4v) is 1.53. The van der Waals surface area contributed by atoms with Gasteiger partial charge in [-0.1, -0.05) is 29.8 Å². The highest BCUT2D eigenvalue weighted by Gasteiger charge is 2.24. The van der Waals surface area contributed by atoms with Crippen molar-refractivity contribution in [2.45, 2.75) is 19.3 Å². The third-order valence-electron chi connectivity index (χ3n) is 2.56. The first-order chi connectivity index (χ1) is 8.08. The van der Waals surface area contributed by atoms with Gasteiger partial charge in [-0.25, -0.2) is 0 Å². The van der Waals surface area contributed by atoms with E-state index in [4.69, 9.17) is 4.74 Å². The van der Waals surface area contributed by atoms with Crippen LogP contribution < -0.4 is 0 Å². The van der Waals surface area contributed by atoms with Crippen LogP contribution in [0.1, 0.15) is 23.5 Å². The van der Waals surface area contributed by atoms with Crippen LogP contribution >= 0.6 is 0 Å². The molecule has 0 bridgehead atoms. The number of hydrogen-bond donors (Lipinski definition) is 0. The number of rotatable bonds is 4. The molecule has 1 aromatic rings. The van der Waals surface area contributed by atoms with E-state index in [2.05, 4.69) is 4.74 Å². The van der Waals surface area contributed by atoms with Crippen LogP contribution in [0.2, 0.25) is 0 Å². The van der Waals surface area contributed by atoms with Crippen molar-refractivity contribution in [1.29, 1.82) is 0 Å². The molecule has 0 spiro atoms. The summed E-state index contributed by atoms with van der Waals surface area (Å²) in [7, 11) is 2.60. The fraction of sp³-hybridized carbons (Fsp3) is 0.385. The topological polar surface area (TPSA) is 52.6 Å². The molecule has 0 radical (unpaired) electrons. The molecule has 17 heavy (non-hydrogen) atoms. The van der Waals surface area contributed by atoms with Crippen LogP contribution in [-0.4, -0.2) is 26.2 Å². The highest BCUT2D eigenvalue weighted by atomic mass is 16.5. The second kappa shape index (κ2) is 6.03. The number of esters is 2. The number of ether oxygens (including phenoxy) is 2. The van der Waals surface area contributed by atoms with Gasteiger partial charge in [0.25, 0.3) is 0 Å². The Kier molecular flexibility index (Phi) is 4.69. The Bertz CT molecular complexity index is 394. The summed E-state index contributed by atoms with van der Waals surface area (Å²) in [5, 5.41) is 0. The molecule has 1 aromatic carbocycles. The molecule has 0 N–H and O–H groups in total. The van der Waals surface area contributed by atoms with E-state index in [-0.39, 0.29) is 6.42 Å². The lowest BCUT2D eigenvalue weighted by molar-refractivity contribution is -0.149. The SMILES string of the molecule is COC(=O)CC(C(=O)OC)c1ccc(C)cc1. The van der Waals surface area contributed by atoms with Crippen molar-refractivity contribution in [3.8, 4) is 0 Å². The lowest BCUT2D eigenvalue weighted by atomic mass is 9.95. The van der Waals surface area contributed by atoms with Crippen LogP contribution in [0.15, 0.2) is 24.3 Å². The van der Waals surface area contributed by atoms with Gasteiger partial charge in [0.1, 0.15) is 0 Å². The Morgan fingerprint density at radius 3 is 2.18 bits per heavy atom. The molecule has 1 unspecified atom stereocenters.